The first kappa shape index (κ1) is 18.4. The van der Waals surface area contributed by atoms with E-state index in [4.69, 9.17) is 0 Å². The van der Waals surface area contributed by atoms with Gasteiger partial charge >= 0.3 is 0 Å². The number of quaternary nitrogens is 1. The number of aromatic amines is 1. The van der Waals surface area contributed by atoms with Gasteiger partial charge in [-0.25, -0.2) is 13.5 Å². The first-order valence-electron chi connectivity index (χ1n) is 6.95. The predicted octanol–water partition coefficient (Wildman–Crippen LogP) is 1.05. The van der Waals surface area contributed by atoms with Crippen molar-refractivity contribution in [1.82, 2.24) is 10.2 Å². The molecule has 8 nitrogen and oxygen atoms in total. The van der Waals surface area contributed by atoms with Gasteiger partial charge in [-0.1, -0.05) is 12.1 Å². The molecule has 1 aliphatic rings. The number of para-hydroxylation sites is 1. The Hall–Kier alpha value is -1.94. The second-order valence-electron chi connectivity index (χ2n) is 5.83. The maximum Gasteiger partial charge on any atom is 0.285 e. The number of halogens is 1. The van der Waals surface area contributed by atoms with Gasteiger partial charge in [0.15, 0.2) is 4.90 Å². The van der Waals surface area contributed by atoms with Crippen molar-refractivity contribution in [3.63, 3.8) is 0 Å². The van der Waals surface area contributed by atoms with Crippen LogP contribution in [0.1, 0.15) is 0 Å². The Morgan fingerprint density at radius 2 is 1.92 bits per heavy atom. The highest BCUT2D eigenvalue weighted by Crippen LogP contribution is 2.41. The number of aromatic nitrogens is 2. The van der Waals surface area contributed by atoms with E-state index in [1.807, 2.05) is 0 Å². The lowest BCUT2D eigenvalue weighted by atomic mass is 10.2. The molecule has 2 aromatic rings. The smallest absolute Gasteiger partial charge is 0.285 e. The maximum absolute atomic E-state index is 12.7. The third-order valence-corrected chi connectivity index (χ3v) is 5.52. The van der Waals surface area contributed by atoms with Gasteiger partial charge in [-0.2, -0.15) is 5.10 Å². The average molecular weight is 373 g/mol. The molecule has 0 bridgehead atoms. The van der Waals surface area contributed by atoms with Gasteiger partial charge < -0.3 is 14.8 Å². The first-order chi connectivity index (χ1) is 10.7. The molecule has 0 spiro atoms. The fraction of sp³-hybridized carbons (Fsp3) is 0.286. The molecule has 10 heteroatoms. The fourth-order valence-corrected chi connectivity index (χ4v) is 4.22. The van der Waals surface area contributed by atoms with E-state index in [2.05, 4.69) is 10.2 Å². The standard InChI is InChI=1S/C14H16N4O4S.ClH/c1-18(2,20)8-7-17-10-5-3-4-6-12(10)23(21,22)13-11(17)9-15-16-14(13)19;/h3-6,9H,7-8H2,1-2H3,(H,16,19);1H. The number of hydrogen-bond acceptors (Lipinski definition) is 6. The number of hydrogen-bond donors (Lipinski definition) is 1. The minimum Gasteiger partial charge on any atom is -0.633 e. The Labute approximate surface area is 145 Å². The molecule has 0 atom stereocenters. The van der Waals surface area contributed by atoms with Gasteiger partial charge in [0.25, 0.3) is 5.56 Å². The van der Waals surface area contributed by atoms with Crippen molar-refractivity contribution in [2.24, 2.45) is 0 Å². The number of fused-ring (bicyclic) bond motifs is 2. The molecular formula is C14H17ClN4O4S. The van der Waals surface area contributed by atoms with Crippen molar-refractivity contribution in [2.45, 2.75) is 9.79 Å². The first-order valence-corrected chi connectivity index (χ1v) is 8.43. The van der Waals surface area contributed by atoms with Gasteiger partial charge in [-0.05, 0) is 12.1 Å². The molecule has 2 heterocycles. The molecule has 1 aromatic heterocycles. The lowest BCUT2D eigenvalue weighted by Gasteiger charge is -2.38. The normalized spacial score (nSPS) is 15.2. The number of hydroxylamine groups is 3. The number of nitrogens with one attached hydrogen (secondary N) is 1. The molecule has 0 saturated heterocycles. The van der Waals surface area contributed by atoms with Crippen molar-refractivity contribution in [3.05, 3.63) is 46.0 Å². The van der Waals surface area contributed by atoms with E-state index in [0.29, 0.717) is 5.69 Å². The van der Waals surface area contributed by atoms with Crippen LogP contribution in [0.2, 0.25) is 0 Å². The quantitative estimate of drug-likeness (QED) is 0.637. The second kappa shape index (κ2) is 6.17. The zero-order valence-corrected chi connectivity index (χ0v) is 14.7. The molecule has 0 aliphatic carbocycles. The number of H-pyrrole nitrogens is 1. The van der Waals surface area contributed by atoms with Crippen molar-refractivity contribution >= 4 is 33.6 Å². The summed E-state index contributed by atoms with van der Waals surface area (Å²) < 4.78 is 24.9. The molecule has 0 unspecified atom stereocenters. The summed E-state index contributed by atoms with van der Waals surface area (Å²) in [6.45, 7) is 0.488. The van der Waals surface area contributed by atoms with Gasteiger partial charge in [-0.15, -0.1) is 12.4 Å². The summed E-state index contributed by atoms with van der Waals surface area (Å²) in [5.74, 6) is 0. The van der Waals surface area contributed by atoms with Crippen molar-refractivity contribution < 1.29 is 13.1 Å². The Morgan fingerprint density at radius 1 is 1.25 bits per heavy atom. The molecule has 0 fully saturated rings. The Kier molecular flexibility index (Phi) is 4.73. The van der Waals surface area contributed by atoms with E-state index in [0.717, 1.165) is 0 Å². The molecule has 1 aromatic carbocycles. The van der Waals surface area contributed by atoms with E-state index >= 15 is 0 Å². The van der Waals surface area contributed by atoms with Gasteiger partial charge in [0, 0.05) is 0 Å². The van der Waals surface area contributed by atoms with Crippen LogP contribution in [-0.2, 0) is 9.84 Å². The van der Waals surface area contributed by atoms with E-state index < -0.39 is 20.0 Å². The van der Waals surface area contributed by atoms with Crippen LogP contribution < -0.4 is 10.5 Å². The van der Waals surface area contributed by atoms with Crippen LogP contribution in [0.3, 0.4) is 0 Å². The third-order valence-electron chi connectivity index (χ3n) is 3.66. The SMILES string of the molecule is C[N+](C)([O-])CCN1c2ccccc2S(=O)(=O)c2c1cn[nH]c2=O.Cl. The van der Waals surface area contributed by atoms with Crippen LogP contribution in [0.25, 0.3) is 0 Å². The topological polar surface area (TPSA) is 106 Å². The molecular weight excluding hydrogens is 356 g/mol. The van der Waals surface area contributed by atoms with Crippen LogP contribution >= 0.6 is 12.4 Å². The van der Waals surface area contributed by atoms with Gasteiger partial charge in [0.2, 0.25) is 9.84 Å². The highest BCUT2D eigenvalue weighted by atomic mass is 35.5. The highest BCUT2D eigenvalue weighted by molar-refractivity contribution is 7.92. The summed E-state index contributed by atoms with van der Waals surface area (Å²) in [5.41, 5.74) is -0.125. The van der Waals surface area contributed by atoms with Crippen LogP contribution in [0.15, 0.2) is 45.0 Å². The Bertz CT molecular complexity index is 921. The summed E-state index contributed by atoms with van der Waals surface area (Å²) in [6, 6.07) is 6.42. The monoisotopic (exact) mass is 372 g/mol. The molecule has 3 rings (SSSR count). The number of anilines is 2. The van der Waals surface area contributed by atoms with E-state index in [1.54, 1.807) is 23.1 Å². The van der Waals surface area contributed by atoms with Gasteiger partial charge in [0.05, 0.1) is 49.7 Å². The zero-order valence-electron chi connectivity index (χ0n) is 13.1. The zero-order chi connectivity index (χ0) is 16.8. The molecule has 1 aliphatic heterocycles. The summed E-state index contributed by atoms with van der Waals surface area (Å²) >= 11 is 0. The summed E-state index contributed by atoms with van der Waals surface area (Å²) in [6.07, 6.45) is 1.30. The minimum atomic E-state index is -3.93. The van der Waals surface area contributed by atoms with Crippen molar-refractivity contribution in [1.29, 1.82) is 0 Å². The second-order valence-corrected chi connectivity index (χ2v) is 7.69. The molecule has 130 valence electrons. The van der Waals surface area contributed by atoms with Crippen LogP contribution in [-0.4, -0.2) is 50.4 Å². The largest absolute Gasteiger partial charge is 0.633 e. The van der Waals surface area contributed by atoms with Crippen molar-refractivity contribution in [2.75, 3.05) is 32.1 Å². The lowest BCUT2D eigenvalue weighted by molar-refractivity contribution is -0.838. The third kappa shape index (κ3) is 3.03. The van der Waals surface area contributed by atoms with Gasteiger partial charge in [0.1, 0.15) is 0 Å². The molecule has 0 radical (unpaired) electrons. The molecule has 0 saturated carbocycles. The van der Waals surface area contributed by atoms with E-state index in [-0.39, 0.29) is 41.0 Å². The summed E-state index contributed by atoms with van der Waals surface area (Å²) in [7, 11) is -0.920. The summed E-state index contributed by atoms with van der Waals surface area (Å²) in [4.78, 5) is 13.4. The molecule has 0 amide bonds. The van der Waals surface area contributed by atoms with Gasteiger partial charge in [-0.3, -0.25) is 4.79 Å². The predicted molar refractivity (Wildman–Crippen MR) is 91.3 cm³/mol. The van der Waals surface area contributed by atoms with Crippen LogP contribution in [0, 0.1) is 5.21 Å². The number of benzene rings is 1. The van der Waals surface area contributed by atoms with Crippen molar-refractivity contribution in [3.8, 4) is 0 Å². The Morgan fingerprint density at radius 3 is 2.58 bits per heavy atom. The average Bonchev–Trinajstić information content (AvgIpc) is 2.46. The Balaban J connectivity index is 0.00000208. The molecule has 24 heavy (non-hydrogen) atoms. The number of likely N-dealkylation sites (N-methyl/N-ethyl adjacent to an activating group) is 1. The summed E-state index contributed by atoms with van der Waals surface area (Å²) in [5, 5.41) is 17.7. The highest BCUT2D eigenvalue weighted by Gasteiger charge is 2.36. The number of sulfone groups is 1. The molecule has 1 N–H and O–H groups in total. The number of nitrogens with zero attached hydrogens (tertiary/aromatic N) is 3. The number of rotatable bonds is 3. The van der Waals surface area contributed by atoms with Crippen LogP contribution in [0.5, 0.6) is 0 Å². The lowest BCUT2D eigenvalue weighted by Crippen LogP contribution is -2.41. The van der Waals surface area contributed by atoms with E-state index in [9.17, 15) is 18.4 Å². The van der Waals surface area contributed by atoms with E-state index in [1.165, 1.54) is 26.4 Å². The fourth-order valence-electron chi connectivity index (χ4n) is 2.56. The minimum absolute atomic E-state index is 0. The van der Waals surface area contributed by atoms with Crippen LogP contribution in [0.4, 0.5) is 11.4 Å². The maximum atomic E-state index is 12.7.